The second-order valence-electron chi connectivity index (χ2n) is 4.92. The van der Waals surface area contributed by atoms with Crippen molar-refractivity contribution in [3.63, 3.8) is 0 Å². The van der Waals surface area contributed by atoms with Crippen LogP contribution in [0.25, 0.3) is 0 Å². The second kappa shape index (κ2) is 2.96. The Labute approximate surface area is 83.0 Å². The smallest absolute Gasteiger partial charge is 0.0180 e. The van der Waals surface area contributed by atoms with E-state index < -0.39 is 0 Å². The van der Waals surface area contributed by atoms with Crippen molar-refractivity contribution < 1.29 is 0 Å². The Kier molecular flexibility index (Phi) is 2.59. The van der Waals surface area contributed by atoms with Gasteiger partial charge in [-0.1, -0.05) is 15.9 Å². The molecule has 1 rings (SSSR count). The van der Waals surface area contributed by atoms with Crippen LogP contribution in [-0.4, -0.2) is 21.0 Å². The molecule has 0 amide bonds. The van der Waals surface area contributed by atoms with Crippen molar-refractivity contribution in [1.29, 1.82) is 0 Å². The fourth-order valence-corrected chi connectivity index (χ4v) is 3.73. The summed E-state index contributed by atoms with van der Waals surface area (Å²) >= 11 is 3.60. The summed E-state index contributed by atoms with van der Waals surface area (Å²) < 4.78 is 0. The van der Waals surface area contributed by atoms with E-state index in [9.17, 15) is 5.21 Å². The maximum atomic E-state index is 11.8. The van der Waals surface area contributed by atoms with Gasteiger partial charge in [-0.2, -0.15) is 0 Å². The van der Waals surface area contributed by atoms with Crippen LogP contribution < -0.4 is 0 Å². The molecule has 0 aromatic carbocycles. The summed E-state index contributed by atoms with van der Waals surface area (Å²) in [5.41, 5.74) is -0.453. The Hall–Kier alpha value is 0.400. The average Bonchev–Trinajstić information content (AvgIpc) is 1.80. The molecule has 0 bridgehead atoms. The highest BCUT2D eigenvalue weighted by Crippen LogP contribution is 2.39. The van der Waals surface area contributed by atoms with Gasteiger partial charge in [-0.3, -0.25) is 0 Å². The van der Waals surface area contributed by atoms with Gasteiger partial charge in [0, 0.05) is 15.9 Å². The van der Waals surface area contributed by atoms with Gasteiger partial charge < -0.3 is 10.3 Å². The lowest BCUT2D eigenvalue weighted by molar-refractivity contribution is 0.0240. The molecule has 1 heterocycles. The molecule has 0 aliphatic carbocycles. The van der Waals surface area contributed by atoms with Crippen LogP contribution in [0.5, 0.6) is 0 Å². The fraction of sp³-hybridized carbons (Fsp3) is 1.00. The van der Waals surface area contributed by atoms with Crippen LogP contribution in [0.15, 0.2) is 0 Å². The zero-order chi connectivity index (χ0) is 9.57. The molecule has 0 aromatic rings. The van der Waals surface area contributed by atoms with Crippen molar-refractivity contribution in [1.82, 2.24) is 5.06 Å². The minimum Gasteiger partial charge on any atom is -0.784 e. The van der Waals surface area contributed by atoms with E-state index in [1.54, 1.807) is 0 Å². The minimum absolute atomic E-state index is 0.226. The van der Waals surface area contributed by atoms with Crippen LogP contribution in [0.4, 0.5) is 0 Å². The summed E-state index contributed by atoms with van der Waals surface area (Å²) in [5.74, 6) is 0. The predicted octanol–water partition coefficient (Wildman–Crippen LogP) is 2.90. The highest BCUT2D eigenvalue weighted by molar-refractivity contribution is 9.09. The average molecular weight is 235 g/mol. The van der Waals surface area contributed by atoms with Crippen LogP contribution in [0.2, 0.25) is 0 Å². The van der Waals surface area contributed by atoms with Gasteiger partial charge in [0.15, 0.2) is 0 Å². The summed E-state index contributed by atoms with van der Waals surface area (Å²) in [7, 11) is 0. The topological polar surface area (TPSA) is 26.3 Å². The Bertz CT molecular complexity index is 161. The molecule has 0 spiro atoms. The van der Waals surface area contributed by atoms with Crippen LogP contribution >= 0.6 is 15.9 Å². The molecule has 12 heavy (non-hydrogen) atoms. The van der Waals surface area contributed by atoms with E-state index in [1.165, 1.54) is 5.06 Å². The molecule has 1 aliphatic rings. The normalized spacial score (nSPS) is 30.5. The van der Waals surface area contributed by atoms with Crippen molar-refractivity contribution in [3.05, 3.63) is 5.21 Å². The first-order valence-corrected chi connectivity index (χ1v) is 5.29. The first-order valence-electron chi connectivity index (χ1n) is 4.37. The molecule has 0 unspecified atom stereocenters. The molecule has 0 atom stereocenters. The van der Waals surface area contributed by atoms with E-state index in [4.69, 9.17) is 0 Å². The van der Waals surface area contributed by atoms with Crippen molar-refractivity contribution >= 4 is 15.9 Å². The molecule has 1 aliphatic heterocycles. The Balaban J connectivity index is 2.84. The molecule has 0 radical (unpaired) electrons. The Morgan fingerprint density at radius 1 is 1.17 bits per heavy atom. The third kappa shape index (κ3) is 1.83. The summed E-state index contributed by atoms with van der Waals surface area (Å²) in [6.07, 6.45) is 1.86. The number of hydrogen-bond acceptors (Lipinski definition) is 2. The number of halogens is 1. The molecule has 0 saturated carbocycles. The SMILES string of the molecule is CC1(C)CC(Br)CC(C)(C)N1[O-]. The van der Waals surface area contributed by atoms with Gasteiger partial charge in [-0.25, -0.2) is 0 Å². The molecule has 3 heteroatoms. The van der Waals surface area contributed by atoms with E-state index in [1.807, 2.05) is 27.7 Å². The third-order valence-electron chi connectivity index (χ3n) is 2.54. The van der Waals surface area contributed by atoms with Gasteiger partial charge in [0.2, 0.25) is 0 Å². The lowest BCUT2D eigenvalue weighted by Gasteiger charge is -2.59. The van der Waals surface area contributed by atoms with Gasteiger partial charge in [-0.15, -0.1) is 0 Å². The number of nitrogens with zero attached hydrogens (tertiary/aromatic N) is 1. The Morgan fingerprint density at radius 2 is 1.50 bits per heavy atom. The quantitative estimate of drug-likeness (QED) is 0.603. The van der Waals surface area contributed by atoms with E-state index in [0.717, 1.165) is 12.8 Å². The van der Waals surface area contributed by atoms with E-state index in [-0.39, 0.29) is 11.1 Å². The third-order valence-corrected chi connectivity index (χ3v) is 3.19. The maximum absolute atomic E-state index is 11.8. The molecule has 0 aromatic heterocycles. The number of hydroxylamine groups is 2. The number of hydrogen-bond donors (Lipinski definition) is 0. The van der Waals surface area contributed by atoms with Crippen LogP contribution in [-0.2, 0) is 0 Å². The van der Waals surface area contributed by atoms with Crippen LogP contribution in [0.3, 0.4) is 0 Å². The predicted molar refractivity (Wildman–Crippen MR) is 55.3 cm³/mol. The second-order valence-corrected chi connectivity index (χ2v) is 6.22. The van der Waals surface area contributed by atoms with Crippen LogP contribution in [0.1, 0.15) is 40.5 Å². The first kappa shape index (κ1) is 10.5. The number of rotatable bonds is 0. The zero-order valence-electron chi connectivity index (χ0n) is 8.22. The van der Waals surface area contributed by atoms with E-state index >= 15 is 0 Å². The minimum atomic E-state index is -0.226. The first-order chi connectivity index (χ1) is 5.26. The van der Waals surface area contributed by atoms with Gasteiger partial charge in [-0.05, 0) is 40.5 Å². The maximum Gasteiger partial charge on any atom is 0.0180 e. The number of alkyl halides is 1. The molecule has 1 saturated heterocycles. The molecule has 72 valence electrons. The fourth-order valence-electron chi connectivity index (χ4n) is 2.14. The van der Waals surface area contributed by atoms with Crippen molar-refractivity contribution in [2.45, 2.75) is 56.4 Å². The largest absolute Gasteiger partial charge is 0.784 e. The van der Waals surface area contributed by atoms with E-state index in [0.29, 0.717) is 4.83 Å². The summed E-state index contributed by atoms with van der Waals surface area (Å²) in [6, 6.07) is 0. The molecule has 1 fully saturated rings. The highest BCUT2D eigenvalue weighted by Gasteiger charge is 2.38. The van der Waals surface area contributed by atoms with Gasteiger partial charge in [0.05, 0.1) is 0 Å². The standard InChI is InChI=1S/C9H17BrNO/c1-8(2)5-7(10)6-9(3,4)11(8)12/h7H,5-6H2,1-4H3/q-1. The van der Waals surface area contributed by atoms with E-state index in [2.05, 4.69) is 15.9 Å². The van der Waals surface area contributed by atoms with Gasteiger partial charge in [0.1, 0.15) is 0 Å². The summed E-state index contributed by atoms with van der Waals surface area (Å²) in [4.78, 5) is 0.479. The monoisotopic (exact) mass is 234 g/mol. The molecular formula is C9H17BrNO-. The summed E-state index contributed by atoms with van der Waals surface area (Å²) in [6.45, 7) is 8.04. The molecule has 0 N–H and O–H groups in total. The Morgan fingerprint density at radius 3 is 1.83 bits per heavy atom. The van der Waals surface area contributed by atoms with Gasteiger partial charge in [0.25, 0.3) is 0 Å². The molecule has 2 nitrogen and oxygen atoms in total. The zero-order valence-corrected chi connectivity index (χ0v) is 9.81. The van der Waals surface area contributed by atoms with Gasteiger partial charge >= 0.3 is 0 Å². The lowest BCUT2D eigenvalue weighted by Crippen LogP contribution is -2.57. The van der Waals surface area contributed by atoms with Crippen molar-refractivity contribution in [3.8, 4) is 0 Å². The van der Waals surface area contributed by atoms with Crippen LogP contribution in [0, 0.1) is 5.21 Å². The van der Waals surface area contributed by atoms with Crippen molar-refractivity contribution in [2.24, 2.45) is 0 Å². The number of piperidine rings is 1. The van der Waals surface area contributed by atoms with Crippen molar-refractivity contribution in [2.75, 3.05) is 0 Å². The molecular weight excluding hydrogens is 218 g/mol. The lowest BCUT2D eigenvalue weighted by atomic mass is 9.82. The summed E-state index contributed by atoms with van der Waals surface area (Å²) in [5, 5.41) is 13.1. The highest BCUT2D eigenvalue weighted by atomic mass is 79.9.